The molecule has 1 aromatic rings. The third-order valence-electron chi connectivity index (χ3n) is 5.34. The number of benzene rings is 1. The van der Waals surface area contributed by atoms with Crippen molar-refractivity contribution >= 4 is 11.9 Å². The van der Waals surface area contributed by atoms with Gasteiger partial charge in [0, 0.05) is 32.7 Å². The molecule has 2 saturated heterocycles. The highest BCUT2D eigenvalue weighted by atomic mass is 16.5. The second kappa shape index (κ2) is 7.79. The lowest BCUT2D eigenvalue weighted by molar-refractivity contribution is -0.130. The number of ether oxygens (including phenoxy) is 1. The van der Waals surface area contributed by atoms with Crippen molar-refractivity contribution in [3.63, 3.8) is 0 Å². The van der Waals surface area contributed by atoms with E-state index in [2.05, 4.69) is 0 Å². The van der Waals surface area contributed by atoms with Gasteiger partial charge in [-0.15, -0.1) is 0 Å². The van der Waals surface area contributed by atoms with Gasteiger partial charge in [-0.05, 0) is 55.2 Å². The third kappa shape index (κ3) is 4.15. The van der Waals surface area contributed by atoms with Crippen molar-refractivity contribution < 1.29 is 19.4 Å². The van der Waals surface area contributed by atoms with Gasteiger partial charge in [0.05, 0.1) is 5.56 Å². The number of rotatable bonds is 5. The first kappa shape index (κ1) is 17.0. The molecule has 24 heavy (non-hydrogen) atoms. The molecule has 1 amide bonds. The quantitative estimate of drug-likeness (QED) is 0.900. The van der Waals surface area contributed by atoms with Gasteiger partial charge in [0.2, 0.25) is 5.91 Å². The first-order valence-electron chi connectivity index (χ1n) is 8.81. The molecule has 2 aliphatic heterocycles. The van der Waals surface area contributed by atoms with Crippen LogP contribution in [-0.2, 0) is 16.0 Å². The van der Waals surface area contributed by atoms with Crippen LogP contribution in [0.25, 0.3) is 0 Å². The van der Waals surface area contributed by atoms with E-state index in [9.17, 15) is 9.59 Å². The van der Waals surface area contributed by atoms with E-state index in [0.717, 1.165) is 51.1 Å². The molecule has 0 saturated carbocycles. The van der Waals surface area contributed by atoms with Gasteiger partial charge < -0.3 is 14.7 Å². The molecule has 0 bridgehead atoms. The molecule has 1 aromatic carbocycles. The molecule has 2 heterocycles. The van der Waals surface area contributed by atoms with Crippen LogP contribution in [0.1, 0.15) is 41.6 Å². The van der Waals surface area contributed by atoms with Crippen molar-refractivity contribution in [3.05, 3.63) is 35.4 Å². The molecule has 1 atom stereocenters. The fraction of sp³-hybridized carbons (Fsp3) is 0.579. The predicted molar refractivity (Wildman–Crippen MR) is 90.0 cm³/mol. The minimum atomic E-state index is -0.922. The lowest BCUT2D eigenvalue weighted by Gasteiger charge is -2.27. The molecule has 5 nitrogen and oxygen atoms in total. The standard InChI is InChI=1S/C19H25NO4/c21-18(6-3-14-1-4-16(5-2-14)19(22)23)20-10-7-17(13-20)15-8-11-24-12-9-15/h1-2,4-5,15,17H,3,6-13H2,(H,22,23)/t17-/m0/s1. The number of carboxylic acids is 1. The van der Waals surface area contributed by atoms with Crippen LogP contribution in [0.2, 0.25) is 0 Å². The number of carbonyl (C=O) groups is 2. The summed E-state index contributed by atoms with van der Waals surface area (Å²) in [6, 6.07) is 6.79. The fourth-order valence-electron chi connectivity index (χ4n) is 3.81. The largest absolute Gasteiger partial charge is 0.478 e. The first-order valence-corrected chi connectivity index (χ1v) is 8.81. The van der Waals surface area contributed by atoms with Crippen molar-refractivity contribution in [2.24, 2.45) is 11.8 Å². The number of amides is 1. The summed E-state index contributed by atoms with van der Waals surface area (Å²) >= 11 is 0. The second-order valence-corrected chi connectivity index (χ2v) is 6.84. The summed E-state index contributed by atoms with van der Waals surface area (Å²) in [7, 11) is 0. The van der Waals surface area contributed by atoms with Gasteiger partial charge in [-0.2, -0.15) is 0 Å². The van der Waals surface area contributed by atoms with Gasteiger partial charge in [0.15, 0.2) is 0 Å². The summed E-state index contributed by atoms with van der Waals surface area (Å²) in [5, 5.41) is 8.90. The maximum atomic E-state index is 12.4. The van der Waals surface area contributed by atoms with Gasteiger partial charge in [0.25, 0.3) is 0 Å². The van der Waals surface area contributed by atoms with Crippen LogP contribution in [-0.4, -0.2) is 48.2 Å². The maximum absolute atomic E-state index is 12.4. The van der Waals surface area contributed by atoms with Crippen LogP contribution in [0.4, 0.5) is 0 Å². The second-order valence-electron chi connectivity index (χ2n) is 6.84. The van der Waals surface area contributed by atoms with Crippen LogP contribution in [0, 0.1) is 11.8 Å². The smallest absolute Gasteiger partial charge is 0.335 e. The normalized spacial score (nSPS) is 21.8. The topological polar surface area (TPSA) is 66.8 Å². The van der Waals surface area contributed by atoms with E-state index in [4.69, 9.17) is 9.84 Å². The third-order valence-corrected chi connectivity index (χ3v) is 5.34. The van der Waals surface area contributed by atoms with E-state index < -0.39 is 5.97 Å². The molecular weight excluding hydrogens is 306 g/mol. The zero-order valence-corrected chi connectivity index (χ0v) is 13.9. The minimum Gasteiger partial charge on any atom is -0.478 e. The molecule has 2 aliphatic rings. The Labute approximate surface area is 142 Å². The molecule has 2 fully saturated rings. The Kier molecular flexibility index (Phi) is 5.51. The fourth-order valence-corrected chi connectivity index (χ4v) is 3.81. The molecule has 0 aromatic heterocycles. The first-order chi connectivity index (χ1) is 11.6. The number of aryl methyl sites for hydroxylation is 1. The average Bonchev–Trinajstić information content (AvgIpc) is 3.11. The van der Waals surface area contributed by atoms with Crippen molar-refractivity contribution in [3.8, 4) is 0 Å². The summed E-state index contributed by atoms with van der Waals surface area (Å²) in [5.41, 5.74) is 1.29. The maximum Gasteiger partial charge on any atom is 0.335 e. The SMILES string of the molecule is O=C(O)c1ccc(CCC(=O)N2CC[C@H](C3CCOCC3)C2)cc1. The molecule has 0 radical (unpaired) electrons. The van der Waals surface area contributed by atoms with Crippen LogP contribution in [0.5, 0.6) is 0 Å². The van der Waals surface area contributed by atoms with E-state index in [1.807, 2.05) is 4.90 Å². The molecule has 130 valence electrons. The van der Waals surface area contributed by atoms with Crippen molar-refractivity contribution in [2.75, 3.05) is 26.3 Å². The summed E-state index contributed by atoms with van der Waals surface area (Å²) < 4.78 is 5.43. The Hall–Kier alpha value is -1.88. The van der Waals surface area contributed by atoms with Crippen LogP contribution in [0.3, 0.4) is 0 Å². The number of likely N-dealkylation sites (tertiary alicyclic amines) is 1. The summed E-state index contributed by atoms with van der Waals surface area (Å²) in [6.07, 6.45) is 4.53. The number of hydrogen-bond donors (Lipinski definition) is 1. The van der Waals surface area contributed by atoms with Crippen LogP contribution < -0.4 is 0 Å². The molecule has 1 N–H and O–H groups in total. The molecule has 0 aliphatic carbocycles. The highest BCUT2D eigenvalue weighted by molar-refractivity contribution is 5.87. The summed E-state index contributed by atoms with van der Waals surface area (Å²) in [5.74, 6) is 0.633. The van der Waals surface area contributed by atoms with Crippen LogP contribution in [0.15, 0.2) is 24.3 Å². The number of aromatic carboxylic acids is 1. The zero-order chi connectivity index (χ0) is 16.9. The predicted octanol–water partition coefficient (Wildman–Crippen LogP) is 2.59. The molecule has 5 heteroatoms. The van der Waals surface area contributed by atoms with E-state index in [1.54, 1.807) is 24.3 Å². The molecule has 3 rings (SSSR count). The van der Waals surface area contributed by atoms with Gasteiger partial charge in [0.1, 0.15) is 0 Å². The highest BCUT2D eigenvalue weighted by Crippen LogP contribution is 2.31. The van der Waals surface area contributed by atoms with E-state index in [1.165, 1.54) is 0 Å². The highest BCUT2D eigenvalue weighted by Gasteiger charge is 2.32. The molecular formula is C19H25NO4. The number of nitrogens with zero attached hydrogens (tertiary/aromatic N) is 1. The van der Waals surface area contributed by atoms with Crippen molar-refractivity contribution in [2.45, 2.75) is 32.1 Å². The number of hydrogen-bond acceptors (Lipinski definition) is 3. The Morgan fingerprint density at radius 1 is 1.08 bits per heavy atom. The molecule has 0 unspecified atom stereocenters. The monoisotopic (exact) mass is 331 g/mol. The van der Waals surface area contributed by atoms with E-state index >= 15 is 0 Å². The van der Waals surface area contributed by atoms with E-state index in [0.29, 0.717) is 24.7 Å². The van der Waals surface area contributed by atoms with Gasteiger partial charge in [-0.1, -0.05) is 12.1 Å². The number of carbonyl (C=O) groups excluding carboxylic acids is 1. The molecule has 0 spiro atoms. The Bertz CT molecular complexity index is 578. The van der Waals surface area contributed by atoms with Crippen molar-refractivity contribution in [1.29, 1.82) is 0 Å². The van der Waals surface area contributed by atoms with Crippen LogP contribution >= 0.6 is 0 Å². The number of carboxylic acid groups (broad SMARTS) is 1. The Morgan fingerprint density at radius 2 is 1.79 bits per heavy atom. The Balaban J connectivity index is 1.46. The van der Waals surface area contributed by atoms with E-state index in [-0.39, 0.29) is 11.5 Å². The summed E-state index contributed by atoms with van der Waals surface area (Å²) in [6.45, 7) is 3.49. The van der Waals surface area contributed by atoms with Gasteiger partial charge in [-0.3, -0.25) is 4.79 Å². The van der Waals surface area contributed by atoms with Gasteiger partial charge >= 0.3 is 5.97 Å². The van der Waals surface area contributed by atoms with Crippen molar-refractivity contribution in [1.82, 2.24) is 4.90 Å². The summed E-state index contributed by atoms with van der Waals surface area (Å²) in [4.78, 5) is 25.3. The minimum absolute atomic E-state index is 0.215. The lowest BCUT2D eigenvalue weighted by Crippen LogP contribution is -2.31. The van der Waals surface area contributed by atoms with Gasteiger partial charge in [-0.25, -0.2) is 4.79 Å². The Morgan fingerprint density at radius 3 is 2.46 bits per heavy atom. The average molecular weight is 331 g/mol. The lowest BCUT2D eigenvalue weighted by atomic mass is 9.85. The zero-order valence-electron chi connectivity index (χ0n) is 13.9.